The second-order valence-corrected chi connectivity index (χ2v) is 5.91. The normalized spacial score (nSPS) is 11.9. The topological polar surface area (TPSA) is 26.0 Å². The smallest absolute Gasteiger partial charge is 0.166 e. The Morgan fingerprint density at radius 1 is 0.895 bits per heavy atom. The van der Waals surface area contributed by atoms with Gasteiger partial charge in [0.2, 0.25) is 0 Å². The predicted octanol–water partition coefficient (Wildman–Crippen LogP) is 4.79. The number of hydrogen-bond acceptors (Lipinski definition) is 2. The van der Waals surface area contributed by atoms with Crippen LogP contribution in [0.2, 0.25) is 0 Å². The van der Waals surface area contributed by atoms with Crippen molar-refractivity contribution in [1.82, 2.24) is 5.16 Å². The lowest BCUT2D eigenvalue weighted by Crippen LogP contribution is -2.10. The Bertz CT molecular complexity index is 702. The van der Waals surface area contributed by atoms with E-state index >= 15 is 0 Å². The van der Waals surface area contributed by atoms with E-state index in [1.807, 2.05) is 6.07 Å². The van der Waals surface area contributed by atoms with E-state index in [1.165, 1.54) is 16.7 Å². The Morgan fingerprint density at radius 2 is 1.58 bits per heavy atom. The van der Waals surface area contributed by atoms with Gasteiger partial charge in [0.05, 0.1) is 6.20 Å². The summed E-state index contributed by atoms with van der Waals surface area (Å²) in [5.41, 5.74) is 4.78. The summed E-state index contributed by atoms with van der Waals surface area (Å²) in [6.07, 6.45) is 1.75. The fraction of sp³-hybridized carbons (Fsp3) is 0.235. The Hall–Kier alpha value is -2.09. The third-order valence-corrected chi connectivity index (χ3v) is 3.44. The molecule has 0 aliphatic carbocycles. The molecule has 0 unspecified atom stereocenters. The van der Waals surface area contributed by atoms with Crippen molar-refractivity contribution in [3.63, 3.8) is 0 Å². The minimum atomic E-state index is 0.191. The fourth-order valence-electron chi connectivity index (χ4n) is 2.21. The van der Waals surface area contributed by atoms with Crippen LogP contribution >= 0.6 is 0 Å². The predicted molar refractivity (Wildman–Crippen MR) is 78.1 cm³/mol. The summed E-state index contributed by atoms with van der Waals surface area (Å²) >= 11 is 0. The first-order chi connectivity index (χ1) is 9.04. The summed E-state index contributed by atoms with van der Waals surface area (Å²) in [7, 11) is 0. The van der Waals surface area contributed by atoms with Crippen molar-refractivity contribution >= 4 is 11.0 Å². The zero-order chi connectivity index (χ0) is 13.5. The van der Waals surface area contributed by atoms with Crippen LogP contribution in [0.1, 0.15) is 26.3 Å². The Morgan fingerprint density at radius 3 is 2.26 bits per heavy atom. The minimum Gasteiger partial charge on any atom is -0.356 e. The highest BCUT2D eigenvalue weighted by Gasteiger charge is 2.13. The van der Waals surface area contributed by atoms with Gasteiger partial charge < -0.3 is 4.52 Å². The maximum Gasteiger partial charge on any atom is 0.166 e. The highest BCUT2D eigenvalue weighted by molar-refractivity contribution is 5.82. The van der Waals surface area contributed by atoms with Crippen LogP contribution < -0.4 is 0 Å². The molecule has 0 aliphatic rings. The molecule has 0 N–H and O–H groups in total. The highest BCUT2D eigenvalue weighted by atomic mass is 16.5. The monoisotopic (exact) mass is 251 g/mol. The number of nitrogens with zero attached hydrogens (tertiary/aromatic N) is 1. The molecule has 0 radical (unpaired) electrons. The number of rotatable bonds is 1. The molecule has 0 spiro atoms. The van der Waals surface area contributed by atoms with E-state index in [4.69, 9.17) is 4.52 Å². The van der Waals surface area contributed by atoms with Crippen molar-refractivity contribution in [3.05, 3.63) is 54.2 Å². The number of fused-ring (bicyclic) bond motifs is 1. The molecular formula is C17H17NO. The lowest BCUT2D eigenvalue weighted by Gasteiger charge is -2.19. The molecule has 0 amide bonds. The standard InChI is InChI=1S/C17H17NO/c1-17(2,3)15-7-4-12(5-8-15)13-6-9-16-14(10-13)11-18-19-16/h4-11H,1-3H3. The molecule has 2 aromatic carbocycles. The van der Waals surface area contributed by atoms with Crippen LogP contribution in [-0.2, 0) is 5.41 Å². The van der Waals surface area contributed by atoms with Crippen molar-refractivity contribution < 1.29 is 4.52 Å². The number of hydrogen-bond donors (Lipinski definition) is 0. The zero-order valence-electron chi connectivity index (χ0n) is 11.5. The third kappa shape index (κ3) is 2.26. The molecule has 2 nitrogen and oxygen atoms in total. The Kier molecular flexibility index (Phi) is 2.67. The van der Waals surface area contributed by atoms with E-state index in [0.717, 1.165) is 11.0 Å². The largest absolute Gasteiger partial charge is 0.356 e. The summed E-state index contributed by atoms with van der Waals surface area (Å²) in [5.74, 6) is 0. The number of benzene rings is 2. The first-order valence-corrected chi connectivity index (χ1v) is 6.49. The molecular weight excluding hydrogens is 234 g/mol. The van der Waals surface area contributed by atoms with E-state index in [0.29, 0.717) is 0 Å². The van der Waals surface area contributed by atoms with Crippen LogP contribution in [0.4, 0.5) is 0 Å². The Balaban J connectivity index is 2.01. The van der Waals surface area contributed by atoms with Gasteiger partial charge in [-0.3, -0.25) is 0 Å². The molecule has 0 saturated heterocycles. The van der Waals surface area contributed by atoms with Gasteiger partial charge in [0.1, 0.15) is 0 Å². The van der Waals surface area contributed by atoms with E-state index in [-0.39, 0.29) is 5.41 Å². The summed E-state index contributed by atoms with van der Waals surface area (Å²) in [6.45, 7) is 6.68. The van der Waals surface area contributed by atoms with Gasteiger partial charge in [-0.1, -0.05) is 56.3 Å². The summed E-state index contributed by atoms with van der Waals surface area (Å²) < 4.78 is 5.12. The molecule has 2 heteroatoms. The molecule has 1 aromatic heterocycles. The molecule has 0 bridgehead atoms. The van der Waals surface area contributed by atoms with Gasteiger partial charge in [-0.2, -0.15) is 0 Å². The summed E-state index contributed by atoms with van der Waals surface area (Å²) in [6, 6.07) is 14.9. The summed E-state index contributed by atoms with van der Waals surface area (Å²) in [5, 5.41) is 4.85. The van der Waals surface area contributed by atoms with Crippen LogP contribution in [0, 0.1) is 0 Å². The first-order valence-electron chi connectivity index (χ1n) is 6.49. The average Bonchev–Trinajstić information content (AvgIpc) is 2.85. The lowest BCUT2D eigenvalue weighted by molar-refractivity contribution is 0.456. The SMILES string of the molecule is CC(C)(C)c1ccc(-c2ccc3oncc3c2)cc1. The molecule has 0 fully saturated rings. The molecule has 0 aliphatic heterocycles. The van der Waals surface area contributed by atoms with Crippen molar-refractivity contribution in [2.24, 2.45) is 0 Å². The zero-order valence-corrected chi connectivity index (χ0v) is 11.5. The van der Waals surface area contributed by atoms with Gasteiger partial charge >= 0.3 is 0 Å². The van der Waals surface area contributed by atoms with Crippen LogP contribution in [0.15, 0.2) is 53.2 Å². The van der Waals surface area contributed by atoms with Crippen molar-refractivity contribution in [2.45, 2.75) is 26.2 Å². The van der Waals surface area contributed by atoms with E-state index in [1.54, 1.807) is 6.20 Å². The molecule has 0 saturated carbocycles. The highest BCUT2D eigenvalue weighted by Crippen LogP contribution is 2.28. The lowest BCUT2D eigenvalue weighted by atomic mass is 9.86. The Labute approximate surface area is 113 Å². The van der Waals surface area contributed by atoms with Crippen LogP contribution in [-0.4, -0.2) is 5.16 Å². The molecule has 3 rings (SSSR count). The van der Waals surface area contributed by atoms with Gasteiger partial charge in [0.25, 0.3) is 0 Å². The van der Waals surface area contributed by atoms with Crippen LogP contribution in [0.25, 0.3) is 22.1 Å². The van der Waals surface area contributed by atoms with Gasteiger partial charge in [-0.15, -0.1) is 0 Å². The maximum atomic E-state index is 5.12. The summed E-state index contributed by atoms with van der Waals surface area (Å²) in [4.78, 5) is 0. The quantitative estimate of drug-likeness (QED) is 0.621. The molecule has 0 atom stereocenters. The van der Waals surface area contributed by atoms with Gasteiger partial charge in [0, 0.05) is 5.39 Å². The molecule has 96 valence electrons. The van der Waals surface area contributed by atoms with Crippen LogP contribution in [0.3, 0.4) is 0 Å². The van der Waals surface area contributed by atoms with E-state index in [9.17, 15) is 0 Å². The number of aromatic nitrogens is 1. The fourth-order valence-corrected chi connectivity index (χ4v) is 2.21. The van der Waals surface area contributed by atoms with Crippen molar-refractivity contribution in [3.8, 4) is 11.1 Å². The van der Waals surface area contributed by atoms with Gasteiger partial charge in [0.15, 0.2) is 5.58 Å². The van der Waals surface area contributed by atoms with Gasteiger partial charge in [-0.25, -0.2) is 0 Å². The second kappa shape index (κ2) is 4.23. The van der Waals surface area contributed by atoms with Gasteiger partial charge in [-0.05, 0) is 34.2 Å². The molecule has 3 aromatic rings. The molecule has 19 heavy (non-hydrogen) atoms. The third-order valence-electron chi connectivity index (χ3n) is 3.44. The van der Waals surface area contributed by atoms with E-state index in [2.05, 4.69) is 62.3 Å². The van der Waals surface area contributed by atoms with Crippen molar-refractivity contribution in [2.75, 3.05) is 0 Å². The van der Waals surface area contributed by atoms with E-state index < -0.39 is 0 Å². The average molecular weight is 251 g/mol. The van der Waals surface area contributed by atoms with Crippen molar-refractivity contribution in [1.29, 1.82) is 0 Å². The van der Waals surface area contributed by atoms with Crippen LogP contribution in [0.5, 0.6) is 0 Å². The minimum absolute atomic E-state index is 0.191. The second-order valence-electron chi connectivity index (χ2n) is 5.91. The molecule has 1 heterocycles. The first kappa shape index (κ1) is 12.0. The maximum absolute atomic E-state index is 5.12.